The predicted molar refractivity (Wildman–Crippen MR) is 75.0 cm³/mol. The molecule has 1 aromatic heterocycles. The fourth-order valence-electron chi connectivity index (χ4n) is 1.63. The SMILES string of the molecule is COC(=O)c1ccc(NCc2ccc(CN)cc2)nn1. The van der Waals surface area contributed by atoms with Crippen molar-refractivity contribution in [3.05, 3.63) is 53.2 Å². The van der Waals surface area contributed by atoms with Crippen molar-refractivity contribution in [1.29, 1.82) is 0 Å². The number of hydrogen-bond acceptors (Lipinski definition) is 6. The predicted octanol–water partition coefficient (Wildman–Crippen LogP) is 1.33. The molecule has 0 bridgehead atoms. The number of nitrogens with one attached hydrogen (secondary N) is 1. The molecular weight excluding hydrogens is 256 g/mol. The molecule has 0 atom stereocenters. The minimum Gasteiger partial charge on any atom is -0.464 e. The zero-order chi connectivity index (χ0) is 14.4. The maximum atomic E-state index is 11.2. The molecule has 0 spiro atoms. The van der Waals surface area contributed by atoms with E-state index in [1.807, 2.05) is 24.3 Å². The molecule has 20 heavy (non-hydrogen) atoms. The molecule has 0 saturated heterocycles. The Kier molecular flexibility index (Phi) is 4.62. The first kappa shape index (κ1) is 14.0. The third-order valence-corrected chi connectivity index (χ3v) is 2.79. The van der Waals surface area contributed by atoms with E-state index in [4.69, 9.17) is 5.73 Å². The lowest BCUT2D eigenvalue weighted by Crippen LogP contribution is -2.08. The van der Waals surface area contributed by atoms with Crippen molar-refractivity contribution in [1.82, 2.24) is 10.2 Å². The zero-order valence-electron chi connectivity index (χ0n) is 11.2. The van der Waals surface area contributed by atoms with E-state index in [-0.39, 0.29) is 5.69 Å². The molecule has 0 unspecified atom stereocenters. The van der Waals surface area contributed by atoms with Gasteiger partial charge in [0.2, 0.25) is 0 Å². The number of methoxy groups -OCH3 is 1. The van der Waals surface area contributed by atoms with Gasteiger partial charge in [-0.05, 0) is 23.3 Å². The Morgan fingerprint density at radius 2 is 1.85 bits per heavy atom. The van der Waals surface area contributed by atoms with Crippen molar-refractivity contribution in [3.8, 4) is 0 Å². The highest BCUT2D eigenvalue weighted by Gasteiger charge is 2.07. The average molecular weight is 272 g/mol. The summed E-state index contributed by atoms with van der Waals surface area (Å²) in [5.74, 6) is 0.0991. The lowest BCUT2D eigenvalue weighted by atomic mass is 10.1. The number of nitrogens with two attached hydrogens (primary N) is 1. The first-order chi connectivity index (χ1) is 9.72. The van der Waals surface area contributed by atoms with Crippen LogP contribution in [0, 0.1) is 0 Å². The van der Waals surface area contributed by atoms with E-state index >= 15 is 0 Å². The van der Waals surface area contributed by atoms with Gasteiger partial charge < -0.3 is 15.8 Å². The average Bonchev–Trinajstić information content (AvgIpc) is 2.53. The molecule has 0 radical (unpaired) electrons. The van der Waals surface area contributed by atoms with Crippen molar-refractivity contribution >= 4 is 11.8 Å². The van der Waals surface area contributed by atoms with Crippen LogP contribution in [0.2, 0.25) is 0 Å². The fourth-order valence-corrected chi connectivity index (χ4v) is 1.63. The Balaban J connectivity index is 1.94. The van der Waals surface area contributed by atoms with Crippen LogP contribution in [0.4, 0.5) is 5.82 Å². The Morgan fingerprint density at radius 3 is 2.40 bits per heavy atom. The van der Waals surface area contributed by atoms with Gasteiger partial charge in [0.25, 0.3) is 0 Å². The minimum atomic E-state index is -0.499. The molecule has 0 saturated carbocycles. The Labute approximate surface area is 117 Å². The van der Waals surface area contributed by atoms with Crippen molar-refractivity contribution < 1.29 is 9.53 Å². The van der Waals surface area contributed by atoms with E-state index in [0.29, 0.717) is 18.9 Å². The molecule has 2 rings (SSSR count). The van der Waals surface area contributed by atoms with Crippen LogP contribution in [-0.4, -0.2) is 23.3 Å². The van der Waals surface area contributed by atoms with Crippen LogP contribution in [0.15, 0.2) is 36.4 Å². The normalized spacial score (nSPS) is 10.1. The first-order valence-corrected chi connectivity index (χ1v) is 6.16. The lowest BCUT2D eigenvalue weighted by molar-refractivity contribution is 0.0593. The van der Waals surface area contributed by atoms with Crippen LogP contribution in [0.5, 0.6) is 0 Å². The summed E-state index contributed by atoms with van der Waals surface area (Å²) in [6.45, 7) is 1.16. The van der Waals surface area contributed by atoms with Gasteiger partial charge in [-0.15, -0.1) is 10.2 Å². The zero-order valence-corrected chi connectivity index (χ0v) is 11.2. The van der Waals surface area contributed by atoms with Crippen LogP contribution in [0.1, 0.15) is 21.6 Å². The molecule has 3 N–H and O–H groups in total. The summed E-state index contributed by atoms with van der Waals surface area (Å²) >= 11 is 0. The highest BCUT2D eigenvalue weighted by molar-refractivity contribution is 5.86. The van der Waals surface area contributed by atoms with Crippen LogP contribution in [-0.2, 0) is 17.8 Å². The van der Waals surface area contributed by atoms with Crippen LogP contribution in [0.25, 0.3) is 0 Å². The van der Waals surface area contributed by atoms with Gasteiger partial charge in [0.05, 0.1) is 7.11 Å². The number of carbonyl (C=O) groups is 1. The number of ether oxygens (including phenoxy) is 1. The number of benzene rings is 1. The number of nitrogens with zero attached hydrogens (tertiary/aromatic N) is 2. The summed E-state index contributed by atoms with van der Waals surface area (Å²) in [6.07, 6.45) is 0. The minimum absolute atomic E-state index is 0.186. The Bertz CT molecular complexity index is 567. The van der Waals surface area contributed by atoms with Crippen molar-refractivity contribution in [3.63, 3.8) is 0 Å². The largest absolute Gasteiger partial charge is 0.464 e. The standard InChI is InChI=1S/C14H16N4O2/c1-20-14(19)12-6-7-13(18-17-12)16-9-11-4-2-10(8-15)3-5-11/h2-7H,8-9,15H2,1H3,(H,16,18). The molecule has 0 aliphatic heterocycles. The number of esters is 1. The van der Waals surface area contributed by atoms with Gasteiger partial charge >= 0.3 is 5.97 Å². The number of anilines is 1. The number of carbonyl (C=O) groups excluding carboxylic acids is 1. The monoisotopic (exact) mass is 272 g/mol. The van der Waals surface area contributed by atoms with Gasteiger partial charge in [-0.1, -0.05) is 24.3 Å². The van der Waals surface area contributed by atoms with E-state index in [1.165, 1.54) is 7.11 Å². The molecule has 6 nitrogen and oxygen atoms in total. The molecule has 1 aromatic carbocycles. The molecule has 0 amide bonds. The quantitative estimate of drug-likeness (QED) is 0.798. The van der Waals surface area contributed by atoms with Gasteiger partial charge in [-0.25, -0.2) is 4.79 Å². The van der Waals surface area contributed by atoms with Gasteiger partial charge in [-0.3, -0.25) is 0 Å². The van der Waals surface area contributed by atoms with Crippen molar-refractivity contribution in [2.45, 2.75) is 13.1 Å². The second-order valence-electron chi connectivity index (χ2n) is 4.17. The second-order valence-corrected chi connectivity index (χ2v) is 4.17. The third-order valence-electron chi connectivity index (χ3n) is 2.79. The number of hydrogen-bond donors (Lipinski definition) is 2. The number of rotatable bonds is 5. The molecule has 2 aromatic rings. The third kappa shape index (κ3) is 3.52. The van der Waals surface area contributed by atoms with Crippen molar-refractivity contribution in [2.75, 3.05) is 12.4 Å². The van der Waals surface area contributed by atoms with E-state index in [1.54, 1.807) is 12.1 Å². The summed E-state index contributed by atoms with van der Waals surface area (Å²) in [7, 11) is 1.31. The van der Waals surface area contributed by atoms with Gasteiger partial charge in [0, 0.05) is 13.1 Å². The molecule has 0 aliphatic carbocycles. The maximum absolute atomic E-state index is 11.2. The molecule has 0 fully saturated rings. The van der Waals surface area contributed by atoms with E-state index in [0.717, 1.165) is 11.1 Å². The van der Waals surface area contributed by atoms with Gasteiger partial charge in [0.15, 0.2) is 5.69 Å². The fraction of sp³-hybridized carbons (Fsp3) is 0.214. The topological polar surface area (TPSA) is 90.1 Å². The molecule has 104 valence electrons. The lowest BCUT2D eigenvalue weighted by Gasteiger charge is -2.06. The Hall–Kier alpha value is -2.47. The van der Waals surface area contributed by atoms with Gasteiger partial charge in [-0.2, -0.15) is 0 Å². The van der Waals surface area contributed by atoms with Crippen LogP contribution in [0.3, 0.4) is 0 Å². The molecular formula is C14H16N4O2. The summed E-state index contributed by atoms with van der Waals surface area (Å²) in [6, 6.07) is 11.2. The second kappa shape index (κ2) is 6.63. The molecule has 6 heteroatoms. The highest BCUT2D eigenvalue weighted by Crippen LogP contribution is 2.08. The highest BCUT2D eigenvalue weighted by atomic mass is 16.5. The van der Waals surface area contributed by atoms with E-state index in [2.05, 4.69) is 20.3 Å². The summed E-state index contributed by atoms with van der Waals surface area (Å²) in [5, 5.41) is 10.8. The van der Waals surface area contributed by atoms with Crippen molar-refractivity contribution in [2.24, 2.45) is 5.73 Å². The summed E-state index contributed by atoms with van der Waals surface area (Å²) in [4.78, 5) is 11.2. The summed E-state index contributed by atoms with van der Waals surface area (Å²) in [5.41, 5.74) is 7.93. The molecule has 1 heterocycles. The maximum Gasteiger partial charge on any atom is 0.358 e. The number of aromatic nitrogens is 2. The van der Waals surface area contributed by atoms with Crippen LogP contribution < -0.4 is 11.1 Å². The summed E-state index contributed by atoms with van der Waals surface area (Å²) < 4.78 is 4.56. The van der Waals surface area contributed by atoms with E-state index in [9.17, 15) is 4.79 Å². The smallest absolute Gasteiger partial charge is 0.358 e. The van der Waals surface area contributed by atoms with Gasteiger partial charge in [0.1, 0.15) is 5.82 Å². The first-order valence-electron chi connectivity index (χ1n) is 6.16. The molecule has 0 aliphatic rings. The van der Waals surface area contributed by atoms with E-state index < -0.39 is 5.97 Å². The van der Waals surface area contributed by atoms with Crippen LogP contribution >= 0.6 is 0 Å². The Morgan fingerprint density at radius 1 is 1.15 bits per heavy atom.